The van der Waals surface area contributed by atoms with Crippen LogP contribution in [0.25, 0.3) is 0 Å². The fourth-order valence-corrected chi connectivity index (χ4v) is 1.81. The smallest absolute Gasteiger partial charge is 0.478 e. The van der Waals surface area contributed by atoms with Crippen LogP contribution >= 0.6 is 0 Å². The van der Waals surface area contributed by atoms with Crippen LogP contribution in [-0.4, -0.2) is 18.5 Å². The zero-order chi connectivity index (χ0) is 13.7. The Kier molecular flexibility index (Phi) is 7.61. The van der Waals surface area contributed by atoms with Crippen LogP contribution in [0.3, 0.4) is 0 Å². The topological polar surface area (TPSA) is 21.6 Å². The predicted molar refractivity (Wildman–Crippen MR) is 78.6 cm³/mol. The Morgan fingerprint density at radius 1 is 0.950 bits per heavy atom. The molecule has 2 saturated carbocycles. The third-order valence-electron chi connectivity index (χ3n) is 3.12. The minimum absolute atomic E-state index is 0. The maximum absolute atomic E-state index is 5.59. The fraction of sp³-hybridized carbons (Fsp3) is 0.353. The molecule has 3 heteroatoms. The molecule has 106 valence electrons. The van der Waals surface area contributed by atoms with E-state index in [1.54, 1.807) is 0 Å². The largest absolute Gasteiger partial charge is 2.00 e. The molecular weight excluding hydrogens is 290 g/mol. The maximum Gasteiger partial charge on any atom is 2.00 e. The summed E-state index contributed by atoms with van der Waals surface area (Å²) in [4.78, 5) is 4.60. The summed E-state index contributed by atoms with van der Waals surface area (Å²) in [6.07, 6.45) is 18.1. The van der Waals surface area contributed by atoms with Gasteiger partial charge in [0.05, 0.1) is 12.0 Å². The van der Waals surface area contributed by atoms with E-state index in [2.05, 4.69) is 25.8 Å². The Balaban J connectivity index is 0.000000283. The Morgan fingerprint density at radius 3 is 1.85 bits per heavy atom. The molecule has 10 radical (unpaired) electrons. The van der Waals surface area contributed by atoms with Crippen molar-refractivity contribution in [2.75, 3.05) is 6.61 Å². The number of ether oxygens (including phenoxy) is 1. The molecule has 0 aromatic heterocycles. The van der Waals surface area contributed by atoms with E-state index < -0.39 is 0 Å². The molecule has 0 amide bonds. The summed E-state index contributed by atoms with van der Waals surface area (Å²) in [6.45, 7) is 7.29. The van der Waals surface area contributed by atoms with Crippen molar-refractivity contribution >= 4 is 5.90 Å². The number of rotatable bonds is 1. The first-order valence-electron chi connectivity index (χ1n) is 6.67. The van der Waals surface area contributed by atoms with E-state index in [0.29, 0.717) is 6.61 Å². The van der Waals surface area contributed by atoms with Gasteiger partial charge < -0.3 is 4.74 Å². The molecule has 1 heterocycles. The zero-order valence-electron chi connectivity index (χ0n) is 12.2. The summed E-state index contributed by atoms with van der Waals surface area (Å²) in [5.74, 6) is 1.90. The van der Waals surface area contributed by atoms with Crippen LogP contribution in [-0.2, 0) is 21.8 Å². The second-order valence-electron chi connectivity index (χ2n) is 5.76. The van der Waals surface area contributed by atoms with Gasteiger partial charge in [-0.15, -0.1) is 0 Å². The molecule has 0 N–H and O–H groups in total. The minimum atomic E-state index is 0. The summed E-state index contributed by atoms with van der Waals surface area (Å²) < 4.78 is 5.59. The van der Waals surface area contributed by atoms with Crippen molar-refractivity contribution < 1.29 is 21.8 Å². The summed E-state index contributed by atoms with van der Waals surface area (Å²) >= 11 is 0. The molecule has 2 fully saturated rings. The van der Waals surface area contributed by atoms with Gasteiger partial charge in [-0.3, -0.25) is 0 Å². The van der Waals surface area contributed by atoms with Gasteiger partial charge in [0, 0.05) is 0 Å². The van der Waals surface area contributed by atoms with Crippen LogP contribution in [0.2, 0.25) is 0 Å². The van der Waals surface area contributed by atoms with Gasteiger partial charge in [0.2, 0.25) is 0 Å². The molecule has 0 aromatic carbocycles. The van der Waals surface area contributed by atoms with Gasteiger partial charge in [-0.25, -0.2) is 4.99 Å². The molecule has 3 rings (SSSR count). The summed E-state index contributed by atoms with van der Waals surface area (Å²) in [6, 6.07) is 0.285. The van der Waals surface area contributed by atoms with Crippen molar-refractivity contribution in [1.29, 1.82) is 0 Å². The van der Waals surface area contributed by atoms with Gasteiger partial charge in [-0.1, -0.05) is 20.8 Å². The maximum atomic E-state index is 5.59. The van der Waals surface area contributed by atoms with E-state index in [1.807, 2.05) is 57.8 Å². The number of hydrogen-bond acceptors (Lipinski definition) is 2. The molecule has 20 heavy (non-hydrogen) atoms. The molecular formula is C17H21FeNO+2. The normalized spacial score (nSPS) is 26.4. The Labute approximate surface area is 135 Å². The van der Waals surface area contributed by atoms with E-state index in [9.17, 15) is 0 Å². The van der Waals surface area contributed by atoms with Crippen molar-refractivity contribution in [2.45, 2.75) is 26.8 Å². The SMILES string of the molecule is CC(C)(C)[C@H]1COC([C]2[CH][CH][CH][CH]2)=N1.[CH]1[CH][CH][CH][CH]1.[Fe+2]. The Bertz CT molecular complexity index is 291. The molecule has 2 nitrogen and oxygen atoms in total. The predicted octanol–water partition coefficient (Wildman–Crippen LogP) is 3.25. The van der Waals surface area contributed by atoms with Crippen molar-refractivity contribution in [3.05, 3.63) is 63.7 Å². The summed E-state index contributed by atoms with van der Waals surface area (Å²) in [7, 11) is 0. The molecule has 0 saturated heterocycles. The van der Waals surface area contributed by atoms with Crippen LogP contribution in [0.4, 0.5) is 0 Å². The van der Waals surface area contributed by atoms with Gasteiger partial charge >= 0.3 is 17.1 Å². The fourth-order valence-electron chi connectivity index (χ4n) is 1.81. The monoisotopic (exact) mass is 311 g/mol. The third kappa shape index (κ3) is 5.41. The molecule has 2 aliphatic carbocycles. The molecule has 0 bridgehead atoms. The van der Waals surface area contributed by atoms with Gasteiger partial charge in [0.15, 0.2) is 5.90 Å². The van der Waals surface area contributed by atoms with Gasteiger partial charge in [0.1, 0.15) is 6.61 Å². The first-order chi connectivity index (χ1) is 9.07. The molecule has 0 unspecified atom stereocenters. The van der Waals surface area contributed by atoms with Crippen molar-refractivity contribution in [3.8, 4) is 0 Å². The molecule has 1 atom stereocenters. The van der Waals surface area contributed by atoms with E-state index in [4.69, 9.17) is 4.74 Å². The van der Waals surface area contributed by atoms with E-state index in [0.717, 1.165) is 11.8 Å². The van der Waals surface area contributed by atoms with Gasteiger partial charge in [-0.05, 0) is 63.2 Å². The zero-order valence-corrected chi connectivity index (χ0v) is 13.3. The van der Waals surface area contributed by atoms with E-state index >= 15 is 0 Å². The second-order valence-corrected chi connectivity index (χ2v) is 5.76. The van der Waals surface area contributed by atoms with Crippen molar-refractivity contribution in [3.63, 3.8) is 0 Å². The number of nitrogens with zero attached hydrogens (tertiary/aromatic N) is 1. The van der Waals surface area contributed by atoms with Crippen LogP contribution in [0.1, 0.15) is 20.8 Å². The van der Waals surface area contributed by atoms with Gasteiger partial charge in [0.25, 0.3) is 0 Å². The average Bonchev–Trinajstić information content (AvgIpc) is 3.13. The second kappa shape index (κ2) is 8.44. The Morgan fingerprint density at radius 2 is 1.45 bits per heavy atom. The average molecular weight is 311 g/mol. The van der Waals surface area contributed by atoms with Crippen LogP contribution in [0.5, 0.6) is 0 Å². The number of hydrogen-bond donors (Lipinski definition) is 0. The standard InChI is InChI=1S/C12H16NO.C5H5.Fe/c1-12(2,3)10-8-14-11(13-10)9-6-4-5-7-9;1-2-4-5-3-1;/h4-7,10H,8H2,1-3H3;1-5H;/q;;+2/t10-;;/m1../s1. The first-order valence-corrected chi connectivity index (χ1v) is 6.67. The van der Waals surface area contributed by atoms with Crippen LogP contribution in [0, 0.1) is 69.1 Å². The van der Waals surface area contributed by atoms with Gasteiger partial charge in [-0.2, -0.15) is 0 Å². The quantitative estimate of drug-likeness (QED) is 0.681. The molecule has 0 aromatic rings. The van der Waals surface area contributed by atoms with Crippen LogP contribution < -0.4 is 0 Å². The third-order valence-corrected chi connectivity index (χ3v) is 3.12. The van der Waals surface area contributed by atoms with E-state index in [-0.39, 0.29) is 28.5 Å². The van der Waals surface area contributed by atoms with Crippen molar-refractivity contribution in [1.82, 2.24) is 0 Å². The minimum Gasteiger partial charge on any atom is -0.478 e. The molecule has 1 aliphatic heterocycles. The first kappa shape index (κ1) is 18.0. The molecule has 3 aliphatic rings. The van der Waals surface area contributed by atoms with Crippen LogP contribution in [0.15, 0.2) is 4.99 Å². The van der Waals surface area contributed by atoms with Crippen molar-refractivity contribution in [2.24, 2.45) is 10.4 Å². The summed E-state index contributed by atoms with van der Waals surface area (Å²) in [5, 5.41) is 0. The Hall–Kier alpha value is -0.0105. The molecule has 0 spiro atoms. The van der Waals surface area contributed by atoms with E-state index in [1.165, 1.54) is 0 Å². The number of aliphatic imine (C=N–C) groups is 1. The summed E-state index contributed by atoms with van der Waals surface area (Å²) in [5.41, 5.74) is 0.189.